The molecule has 0 aliphatic carbocycles. The molecule has 0 aromatic carbocycles. The third-order valence-electron chi connectivity index (χ3n) is 2.78. The second kappa shape index (κ2) is 2.85. The first-order valence-corrected chi connectivity index (χ1v) is 5.52. The molecule has 0 atom stereocenters. The van der Waals surface area contributed by atoms with Crippen molar-refractivity contribution in [3.63, 3.8) is 0 Å². The van der Waals surface area contributed by atoms with Crippen molar-refractivity contribution in [2.75, 3.05) is 0 Å². The molecule has 0 saturated carbocycles. The number of fused-ring (bicyclic) bond motifs is 3. The topological polar surface area (TPSA) is 22.8 Å². The summed E-state index contributed by atoms with van der Waals surface area (Å²) in [6, 6.07) is 2.11. The van der Waals surface area contributed by atoms with Crippen LogP contribution in [0.1, 0.15) is 0 Å². The molecule has 76 valence electrons. The normalized spacial score (nSPS) is 11.7. The Hall–Kier alpha value is -1.29. The molecule has 3 heterocycles. The molecule has 0 fully saturated rings. The van der Waals surface area contributed by atoms with E-state index in [0.29, 0.717) is 0 Å². The van der Waals surface area contributed by atoms with E-state index in [9.17, 15) is 0 Å². The fourth-order valence-corrected chi connectivity index (χ4v) is 2.65. The fraction of sp³-hybridized carbons (Fsp3) is 0.182. The van der Waals surface area contributed by atoms with Gasteiger partial charge in [0.05, 0.1) is 5.52 Å². The highest BCUT2D eigenvalue weighted by Gasteiger charge is 2.10. The van der Waals surface area contributed by atoms with Gasteiger partial charge in [-0.3, -0.25) is 0 Å². The number of aromatic nitrogens is 3. The van der Waals surface area contributed by atoms with E-state index in [4.69, 9.17) is 0 Å². The first kappa shape index (κ1) is 8.97. The van der Waals surface area contributed by atoms with Gasteiger partial charge in [0.2, 0.25) is 0 Å². The molecule has 3 nitrogen and oxygen atoms in total. The van der Waals surface area contributed by atoms with Crippen LogP contribution in [-0.2, 0) is 14.1 Å². The molecule has 3 aromatic heterocycles. The van der Waals surface area contributed by atoms with Crippen LogP contribution in [0, 0.1) is 0 Å². The second-order valence-electron chi connectivity index (χ2n) is 3.77. The summed E-state index contributed by atoms with van der Waals surface area (Å²) in [5.41, 5.74) is 2.25. The number of hydrogen-bond acceptors (Lipinski definition) is 1. The molecule has 0 aliphatic heterocycles. The molecule has 3 aromatic rings. The molecule has 3 rings (SSSR count). The molecule has 4 heteroatoms. The molecule has 0 saturated heterocycles. The van der Waals surface area contributed by atoms with Crippen molar-refractivity contribution in [1.82, 2.24) is 14.1 Å². The third-order valence-corrected chi connectivity index (χ3v) is 3.41. The maximum absolute atomic E-state index is 4.46. The van der Waals surface area contributed by atoms with Crippen LogP contribution in [0.4, 0.5) is 0 Å². The standard InChI is InChI=1S/C11H10BrN3/c1-14-4-3-7-10-8(5-13-11(7)14)9(12)6-15(10)2/h3-6H,1-2H3. The smallest absolute Gasteiger partial charge is 0.141 e. The molecule has 0 N–H and O–H groups in total. The minimum atomic E-state index is 1.02. The van der Waals surface area contributed by atoms with E-state index in [1.54, 1.807) is 0 Å². The lowest BCUT2D eigenvalue weighted by Crippen LogP contribution is -1.89. The van der Waals surface area contributed by atoms with E-state index in [1.165, 1.54) is 10.9 Å². The van der Waals surface area contributed by atoms with Crippen molar-refractivity contribution < 1.29 is 0 Å². The predicted molar refractivity (Wildman–Crippen MR) is 64.9 cm³/mol. The average molecular weight is 264 g/mol. The Bertz CT molecular complexity index is 663. The summed E-state index contributed by atoms with van der Waals surface area (Å²) in [7, 11) is 4.07. The maximum Gasteiger partial charge on any atom is 0.141 e. The van der Waals surface area contributed by atoms with Crippen LogP contribution < -0.4 is 0 Å². The zero-order valence-corrected chi connectivity index (χ0v) is 10.1. The van der Waals surface area contributed by atoms with Gasteiger partial charge in [0.25, 0.3) is 0 Å². The third kappa shape index (κ3) is 1.08. The fourth-order valence-electron chi connectivity index (χ4n) is 2.06. The number of halogens is 1. The van der Waals surface area contributed by atoms with Crippen LogP contribution in [0.25, 0.3) is 21.9 Å². The van der Waals surface area contributed by atoms with E-state index < -0.39 is 0 Å². The largest absolute Gasteiger partial charge is 0.349 e. The van der Waals surface area contributed by atoms with Crippen molar-refractivity contribution in [3.8, 4) is 0 Å². The number of rotatable bonds is 0. The Labute approximate surface area is 95.5 Å². The van der Waals surface area contributed by atoms with Crippen molar-refractivity contribution in [1.29, 1.82) is 0 Å². The molecule has 0 bridgehead atoms. The number of aryl methyl sites for hydroxylation is 2. The lowest BCUT2D eigenvalue weighted by molar-refractivity contribution is 0.947. The van der Waals surface area contributed by atoms with Gasteiger partial charge in [0.1, 0.15) is 5.65 Å². The lowest BCUT2D eigenvalue weighted by atomic mass is 10.2. The van der Waals surface area contributed by atoms with Crippen LogP contribution >= 0.6 is 15.9 Å². The minimum absolute atomic E-state index is 1.02. The van der Waals surface area contributed by atoms with E-state index in [-0.39, 0.29) is 0 Å². The van der Waals surface area contributed by atoms with Crippen LogP contribution in [0.2, 0.25) is 0 Å². The Morgan fingerprint density at radius 1 is 1.20 bits per heavy atom. The molecule has 0 spiro atoms. The summed E-state index contributed by atoms with van der Waals surface area (Å²) >= 11 is 3.54. The molecule has 0 unspecified atom stereocenters. The summed E-state index contributed by atoms with van der Waals surface area (Å²) in [4.78, 5) is 4.46. The summed E-state index contributed by atoms with van der Waals surface area (Å²) in [6.45, 7) is 0. The van der Waals surface area contributed by atoms with Gasteiger partial charge >= 0.3 is 0 Å². The predicted octanol–water partition coefficient (Wildman–Crippen LogP) is 2.83. The van der Waals surface area contributed by atoms with Gasteiger partial charge in [-0.15, -0.1) is 0 Å². The molecular formula is C11H10BrN3. The molecule has 15 heavy (non-hydrogen) atoms. The minimum Gasteiger partial charge on any atom is -0.349 e. The Morgan fingerprint density at radius 2 is 2.00 bits per heavy atom. The Morgan fingerprint density at radius 3 is 2.80 bits per heavy atom. The van der Waals surface area contributed by atoms with Gasteiger partial charge in [-0.1, -0.05) is 0 Å². The van der Waals surface area contributed by atoms with Crippen LogP contribution in [0.15, 0.2) is 29.1 Å². The van der Waals surface area contributed by atoms with E-state index in [2.05, 4.69) is 44.8 Å². The van der Waals surface area contributed by atoms with Gasteiger partial charge < -0.3 is 9.13 Å². The van der Waals surface area contributed by atoms with Crippen molar-refractivity contribution in [3.05, 3.63) is 29.1 Å². The second-order valence-corrected chi connectivity index (χ2v) is 4.63. The number of nitrogens with zero attached hydrogens (tertiary/aromatic N) is 3. The van der Waals surface area contributed by atoms with Gasteiger partial charge in [0, 0.05) is 47.9 Å². The van der Waals surface area contributed by atoms with Crippen molar-refractivity contribution >= 4 is 37.9 Å². The van der Waals surface area contributed by atoms with E-state index in [1.807, 2.05) is 24.0 Å². The zero-order chi connectivity index (χ0) is 10.6. The molecule has 0 aliphatic rings. The summed E-state index contributed by atoms with van der Waals surface area (Å²) < 4.78 is 5.26. The zero-order valence-electron chi connectivity index (χ0n) is 8.53. The first-order chi connectivity index (χ1) is 7.18. The SMILES string of the molecule is Cn1ccc2c1ncc1c(Br)cn(C)c12. The van der Waals surface area contributed by atoms with Gasteiger partial charge in [-0.2, -0.15) is 0 Å². The molecular weight excluding hydrogens is 254 g/mol. The quantitative estimate of drug-likeness (QED) is 0.612. The van der Waals surface area contributed by atoms with E-state index >= 15 is 0 Å². The average Bonchev–Trinajstić information content (AvgIpc) is 2.70. The highest BCUT2D eigenvalue weighted by atomic mass is 79.9. The van der Waals surface area contributed by atoms with Crippen LogP contribution in [0.3, 0.4) is 0 Å². The number of pyridine rings is 1. The monoisotopic (exact) mass is 263 g/mol. The summed E-state index contributed by atoms with van der Waals surface area (Å²) in [5.74, 6) is 0. The summed E-state index contributed by atoms with van der Waals surface area (Å²) in [6.07, 6.45) is 6.03. The highest BCUT2D eigenvalue weighted by Crippen LogP contribution is 2.30. The van der Waals surface area contributed by atoms with Gasteiger partial charge in [0.15, 0.2) is 0 Å². The van der Waals surface area contributed by atoms with Crippen LogP contribution in [0.5, 0.6) is 0 Å². The van der Waals surface area contributed by atoms with E-state index in [0.717, 1.165) is 15.5 Å². The summed E-state index contributed by atoms with van der Waals surface area (Å²) in [5, 5.41) is 2.36. The number of hydrogen-bond donors (Lipinski definition) is 0. The molecule has 0 amide bonds. The Kier molecular flexibility index (Phi) is 1.71. The molecule has 0 radical (unpaired) electrons. The van der Waals surface area contributed by atoms with Crippen molar-refractivity contribution in [2.24, 2.45) is 14.1 Å². The highest BCUT2D eigenvalue weighted by molar-refractivity contribution is 9.10. The van der Waals surface area contributed by atoms with Crippen LogP contribution in [-0.4, -0.2) is 14.1 Å². The van der Waals surface area contributed by atoms with Gasteiger partial charge in [-0.25, -0.2) is 4.98 Å². The lowest BCUT2D eigenvalue weighted by Gasteiger charge is -1.99. The first-order valence-electron chi connectivity index (χ1n) is 4.73. The van der Waals surface area contributed by atoms with Gasteiger partial charge in [-0.05, 0) is 22.0 Å². The maximum atomic E-state index is 4.46. The Balaban J connectivity index is 2.64. The van der Waals surface area contributed by atoms with Crippen molar-refractivity contribution in [2.45, 2.75) is 0 Å².